The Kier molecular flexibility index (Phi) is 2.03. The summed E-state index contributed by atoms with van der Waals surface area (Å²) >= 11 is 0. The lowest BCUT2D eigenvalue weighted by molar-refractivity contribution is 0.539. The first kappa shape index (κ1) is 9.82. The Balaban J connectivity index is 2.16. The average molecular weight is 212 g/mol. The molecule has 2 aromatic rings. The summed E-state index contributed by atoms with van der Waals surface area (Å²) in [5, 5.41) is 2.47. The Labute approximate surface area is 95.2 Å². The van der Waals surface area contributed by atoms with E-state index in [4.69, 9.17) is 11.5 Å². The summed E-state index contributed by atoms with van der Waals surface area (Å²) in [6, 6.07) is 14.6. The number of rotatable bonds is 2. The van der Waals surface area contributed by atoms with Crippen LogP contribution >= 0.6 is 0 Å². The maximum Gasteiger partial charge on any atom is 0.0484 e. The fourth-order valence-electron chi connectivity index (χ4n) is 2.29. The zero-order valence-electron chi connectivity index (χ0n) is 9.19. The zero-order valence-corrected chi connectivity index (χ0v) is 9.19. The molecular weight excluding hydrogens is 196 g/mol. The first-order chi connectivity index (χ1) is 7.71. The predicted octanol–water partition coefficient (Wildman–Crippen LogP) is 2.33. The van der Waals surface area contributed by atoms with Crippen molar-refractivity contribution in [2.24, 2.45) is 11.5 Å². The number of hydrogen-bond donors (Lipinski definition) is 2. The predicted molar refractivity (Wildman–Crippen MR) is 67.0 cm³/mol. The summed E-state index contributed by atoms with van der Waals surface area (Å²) in [4.78, 5) is 0. The second-order valence-corrected chi connectivity index (χ2v) is 4.78. The van der Waals surface area contributed by atoms with E-state index in [0.717, 1.165) is 12.8 Å². The Bertz CT molecular complexity index is 524. The molecule has 1 atom stereocenters. The molecule has 3 rings (SSSR count). The molecule has 0 aromatic heterocycles. The Morgan fingerprint density at radius 3 is 2.44 bits per heavy atom. The third-order valence-corrected chi connectivity index (χ3v) is 3.61. The van der Waals surface area contributed by atoms with Crippen LogP contribution in [0.2, 0.25) is 0 Å². The van der Waals surface area contributed by atoms with E-state index in [2.05, 4.69) is 36.4 Å². The molecule has 1 aliphatic rings. The molecule has 16 heavy (non-hydrogen) atoms. The minimum Gasteiger partial charge on any atom is -0.323 e. The quantitative estimate of drug-likeness (QED) is 0.802. The van der Waals surface area contributed by atoms with Crippen molar-refractivity contribution < 1.29 is 0 Å². The molecule has 4 N–H and O–H groups in total. The summed E-state index contributed by atoms with van der Waals surface area (Å²) < 4.78 is 0. The summed E-state index contributed by atoms with van der Waals surface area (Å²) in [5.41, 5.74) is 13.5. The van der Waals surface area contributed by atoms with Gasteiger partial charge in [-0.25, -0.2) is 0 Å². The van der Waals surface area contributed by atoms with Gasteiger partial charge in [0.25, 0.3) is 0 Å². The van der Waals surface area contributed by atoms with Crippen molar-refractivity contribution in [3.8, 4) is 0 Å². The molecule has 2 heteroatoms. The SMILES string of the molecule is NC(c1cccc2ccccc12)C1(N)CC1. The van der Waals surface area contributed by atoms with Crippen molar-refractivity contribution in [2.75, 3.05) is 0 Å². The van der Waals surface area contributed by atoms with E-state index in [1.807, 2.05) is 6.07 Å². The average Bonchev–Trinajstić information content (AvgIpc) is 3.07. The van der Waals surface area contributed by atoms with Crippen LogP contribution in [-0.4, -0.2) is 5.54 Å². The van der Waals surface area contributed by atoms with Gasteiger partial charge in [-0.3, -0.25) is 0 Å². The molecule has 82 valence electrons. The highest BCUT2D eigenvalue weighted by atomic mass is 14.9. The summed E-state index contributed by atoms with van der Waals surface area (Å²) in [6.07, 6.45) is 2.08. The van der Waals surface area contributed by atoms with Crippen molar-refractivity contribution >= 4 is 10.8 Å². The molecule has 1 aliphatic carbocycles. The molecule has 1 fully saturated rings. The molecule has 0 bridgehead atoms. The molecular formula is C14H16N2. The largest absolute Gasteiger partial charge is 0.323 e. The third kappa shape index (κ3) is 1.42. The standard InChI is InChI=1S/C14H16N2/c15-13(14(16)8-9-14)12-7-3-5-10-4-1-2-6-11(10)12/h1-7,13H,8-9,15-16H2. The number of nitrogens with two attached hydrogens (primary N) is 2. The van der Waals surface area contributed by atoms with Gasteiger partial charge in [-0.1, -0.05) is 42.5 Å². The van der Waals surface area contributed by atoms with Crippen LogP contribution in [0.1, 0.15) is 24.4 Å². The van der Waals surface area contributed by atoms with E-state index < -0.39 is 0 Å². The van der Waals surface area contributed by atoms with Crippen LogP contribution in [0.25, 0.3) is 10.8 Å². The molecule has 0 heterocycles. The second kappa shape index (κ2) is 3.30. The lowest BCUT2D eigenvalue weighted by Crippen LogP contribution is -2.36. The fourth-order valence-corrected chi connectivity index (χ4v) is 2.29. The number of benzene rings is 2. The summed E-state index contributed by atoms with van der Waals surface area (Å²) in [6.45, 7) is 0. The van der Waals surface area contributed by atoms with Gasteiger partial charge in [0.2, 0.25) is 0 Å². The van der Waals surface area contributed by atoms with Gasteiger partial charge >= 0.3 is 0 Å². The van der Waals surface area contributed by atoms with Crippen molar-refractivity contribution in [1.29, 1.82) is 0 Å². The molecule has 0 amide bonds. The van der Waals surface area contributed by atoms with Crippen molar-refractivity contribution in [2.45, 2.75) is 24.4 Å². The molecule has 2 aromatic carbocycles. The van der Waals surface area contributed by atoms with Crippen molar-refractivity contribution in [3.05, 3.63) is 48.0 Å². The lowest BCUT2D eigenvalue weighted by atomic mass is 9.93. The molecule has 0 saturated heterocycles. The summed E-state index contributed by atoms with van der Waals surface area (Å²) in [7, 11) is 0. The minimum atomic E-state index is -0.163. The van der Waals surface area contributed by atoms with Crippen LogP contribution < -0.4 is 11.5 Å². The van der Waals surface area contributed by atoms with E-state index in [-0.39, 0.29) is 11.6 Å². The maximum atomic E-state index is 6.28. The van der Waals surface area contributed by atoms with Crippen LogP contribution in [0.15, 0.2) is 42.5 Å². The Morgan fingerprint density at radius 1 is 1.00 bits per heavy atom. The van der Waals surface area contributed by atoms with E-state index >= 15 is 0 Å². The Morgan fingerprint density at radius 2 is 1.69 bits per heavy atom. The van der Waals surface area contributed by atoms with Crippen LogP contribution in [0.3, 0.4) is 0 Å². The van der Waals surface area contributed by atoms with Gasteiger partial charge in [-0.2, -0.15) is 0 Å². The van der Waals surface area contributed by atoms with Crippen LogP contribution in [-0.2, 0) is 0 Å². The minimum absolute atomic E-state index is 0.0430. The first-order valence-electron chi connectivity index (χ1n) is 5.73. The first-order valence-corrected chi connectivity index (χ1v) is 5.73. The number of fused-ring (bicyclic) bond motifs is 1. The topological polar surface area (TPSA) is 52.0 Å². The van der Waals surface area contributed by atoms with Crippen LogP contribution in [0, 0.1) is 0 Å². The molecule has 2 nitrogen and oxygen atoms in total. The van der Waals surface area contributed by atoms with E-state index in [0.29, 0.717) is 0 Å². The maximum absolute atomic E-state index is 6.28. The molecule has 1 unspecified atom stereocenters. The third-order valence-electron chi connectivity index (χ3n) is 3.61. The molecule has 1 saturated carbocycles. The smallest absolute Gasteiger partial charge is 0.0484 e. The van der Waals surface area contributed by atoms with Gasteiger partial charge in [-0.15, -0.1) is 0 Å². The van der Waals surface area contributed by atoms with E-state index in [1.54, 1.807) is 0 Å². The molecule has 0 spiro atoms. The molecule has 0 aliphatic heterocycles. The van der Waals surface area contributed by atoms with Crippen LogP contribution in [0.4, 0.5) is 0 Å². The fraction of sp³-hybridized carbons (Fsp3) is 0.286. The van der Waals surface area contributed by atoms with Gasteiger partial charge in [0, 0.05) is 11.6 Å². The number of hydrogen-bond acceptors (Lipinski definition) is 2. The lowest BCUT2D eigenvalue weighted by Gasteiger charge is -2.20. The van der Waals surface area contributed by atoms with Gasteiger partial charge in [0.1, 0.15) is 0 Å². The van der Waals surface area contributed by atoms with Gasteiger partial charge < -0.3 is 11.5 Å². The summed E-state index contributed by atoms with van der Waals surface area (Å²) in [5.74, 6) is 0. The highest BCUT2D eigenvalue weighted by molar-refractivity contribution is 5.86. The van der Waals surface area contributed by atoms with E-state index in [1.165, 1.54) is 16.3 Å². The van der Waals surface area contributed by atoms with Gasteiger partial charge in [0.15, 0.2) is 0 Å². The normalized spacial score (nSPS) is 19.6. The Hall–Kier alpha value is -1.38. The van der Waals surface area contributed by atoms with Gasteiger partial charge in [0.05, 0.1) is 0 Å². The monoisotopic (exact) mass is 212 g/mol. The van der Waals surface area contributed by atoms with Crippen molar-refractivity contribution in [1.82, 2.24) is 0 Å². The van der Waals surface area contributed by atoms with E-state index in [9.17, 15) is 0 Å². The highest BCUT2D eigenvalue weighted by Gasteiger charge is 2.44. The van der Waals surface area contributed by atoms with Crippen LogP contribution in [0.5, 0.6) is 0 Å². The van der Waals surface area contributed by atoms with Crippen molar-refractivity contribution in [3.63, 3.8) is 0 Å². The van der Waals surface area contributed by atoms with Gasteiger partial charge in [-0.05, 0) is 29.2 Å². The molecule has 0 radical (unpaired) electrons. The second-order valence-electron chi connectivity index (χ2n) is 4.78. The highest BCUT2D eigenvalue weighted by Crippen LogP contribution is 2.43. The zero-order chi connectivity index (χ0) is 11.2.